The second-order valence-corrected chi connectivity index (χ2v) is 8.27. The highest BCUT2D eigenvalue weighted by Gasteiger charge is 2.44. The molecule has 0 bridgehead atoms. The van der Waals surface area contributed by atoms with Crippen LogP contribution in [0.5, 0.6) is 0 Å². The number of rotatable bonds is 14. The molecule has 166 valence electrons. The number of nitrogens with zero attached hydrogens (tertiary/aromatic N) is 1. The molecule has 1 saturated heterocycles. The Labute approximate surface area is 183 Å². The van der Waals surface area contributed by atoms with Gasteiger partial charge in [0.1, 0.15) is 24.9 Å². The number of unbranched alkanes of at least 4 members (excludes halogenated alkanes) is 7. The first-order valence-corrected chi connectivity index (χ1v) is 11.7. The van der Waals surface area contributed by atoms with Gasteiger partial charge in [-0.3, -0.25) is 14.3 Å². The van der Waals surface area contributed by atoms with Crippen molar-refractivity contribution in [1.29, 1.82) is 0 Å². The van der Waals surface area contributed by atoms with E-state index in [9.17, 15) is 19.8 Å². The van der Waals surface area contributed by atoms with Gasteiger partial charge >= 0.3 is 5.69 Å². The molecule has 1 fully saturated rings. The lowest BCUT2D eigenvalue weighted by atomic mass is 10.1. The molecular formula is C19H31IN2O7. The highest BCUT2D eigenvalue weighted by atomic mass is 127. The standard InChI is InChI=1S/C19H31IN2O7/c20-10-7-5-3-1-2-4-6-8-12-27-28-13-14-16(24)17(25)18(29-14)22-11-9-15(23)21-19(22)26/h9,11,14,16-18,24-25H,1-8,10,12-13H2,(H,21,23,26)/t14-,16-,17-,18-/m1/s1. The third-order valence-electron chi connectivity index (χ3n) is 4.89. The number of aromatic nitrogens is 2. The maximum absolute atomic E-state index is 11.8. The number of hydrogen-bond donors (Lipinski definition) is 3. The van der Waals surface area contributed by atoms with Crippen LogP contribution in [0.2, 0.25) is 0 Å². The molecule has 1 aromatic heterocycles. The van der Waals surface area contributed by atoms with E-state index in [2.05, 4.69) is 27.6 Å². The van der Waals surface area contributed by atoms with Gasteiger partial charge in [0, 0.05) is 12.3 Å². The number of aromatic amines is 1. The van der Waals surface area contributed by atoms with Crippen LogP contribution in [0.25, 0.3) is 0 Å². The lowest BCUT2D eigenvalue weighted by molar-refractivity contribution is -0.310. The fourth-order valence-electron chi connectivity index (χ4n) is 3.21. The summed E-state index contributed by atoms with van der Waals surface area (Å²) in [7, 11) is 0. The van der Waals surface area contributed by atoms with E-state index in [-0.39, 0.29) is 6.61 Å². The smallest absolute Gasteiger partial charge is 0.330 e. The zero-order chi connectivity index (χ0) is 21.1. The van der Waals surface area contributed by atoms with E-state index in [1.165, 1.54) is 49.1 Å². The summed E-state index contributed by atoms with van der Waals surface area (Å²) in [5.41, 5.74) is -1.28. The number of nitrogens with one attached hydrogen (secondary N) is 1. The summed E-state index contributed by atoms with van der Waals surface area (Å²) in [6, 6.07) is 1.14. The second-order valence-electron chi connectivity index (χ2n) is 7.19. The third kappa shape index (κ3) is 8.10. The quantitative estimate of drug-likeness (QED) is 0.111. The first kappa shape index (κ1) is 24.5. The van der Waals surface area contributed by atoms with Gasteiger partial charge in [0.2, 0.25) is 0 Å². The first-order chi connectivity index (χ1) is 14.0. The average molecular weight is 526 g/mol. The molecule has 4 atom stereocenters. The largest absolute Gasteiger partial charge is 0.387 e. The van der Waals surface area contributed by atoms with Crippen LogP contribution in [0.4, 0.5) is 0 Å². The summed E-state index contributed by atoms with van der Waals surface area (Å²) in [5, 5.41) is 20.3. The molecule has 0 amide bonds. The van der Waals surface area contributed by atoms with Gasteiger partial charge in [0.15, 0.2) is 6.23 Å². The normalized spacial score (nSPS) is 24.2. The summed E-state index contributed by atoms with van der Waals surface area (Å²) >= 11 is 2.41. The summed E-state index contributed by atoms with van der Waals surface area (Å²) in [5.74, 6) is 0. The molecule has 2 rings (SSSR count). The van der Waals surface area contributed by atoms with Gasteiger partial charge in [-0.2, -0.15) is 0 Å². The second kappa shape index (κ2) is 13.5. The van der Waals surface area contributed by atoms with Crippen molar-refractivity contribution in [2.45, 2.75) is 75.9 Å². The summed E-state index contributed by atoms with van der Waals surface area (Å²) in [6.07, 6.45) is 6.30. The molecule has 10 heteroatoms. The van der Waals surface area contributed by atoms with E-state index < -0.39 is 35.8 Å². The third-order valence-corrected chi connectivity index (χ3v) is 5.65. The van der Waals surface area contributed by atoms with Crippen LogP contribution in [0.3, 0.4) is 0 Å². The molecule has 0 aliphatic carbocycles. The van der Waals surface area contributed by atoms with E-state index in [0.717, 1.165) is 23.5 Å². The summed E-state index contributed by atoms with van der Waals surface area (Å²) < 4.78 is 7.79. The van der Waals surface area contributed by atoms with Gasteiger partial charge in [-0.25, -0.2) is 14.6 Å². The topological polar surface area (TPSA) is 123 Å². The van der Waals surface area contributed by atoms with Crippen LogP contribution in [0, 0.1) is 0 Å². The first-order valence-electron chi connectivity index (χ1n) is 10.2. The van der Waals surface area contributed by atoms with Crippen LogP contribution in [0.1, 0.15) is 57.6 Å². The van der Waals surface area contributed by atoms with Gasteiger partial charge in [0.05, 0.1) is 6.61 Å². The zero-order valence-electron chi connectivity index (χ0n) is 16.5. The number of H-pyrrole nitrogens is 1. The van der Waals surface area contributed by atoms with Crippen molar-refractivity contribution >= 4 is 22.6 Å². The maximum atomic E-state index is 11.8. The van der Waals surface area contributed by atoms with E-state index in [1.807, 2.05) is 0 Å². The van der Waals surface area contributed by atoms with Crippen molar-refractivity contribution < 1.29 is 24.7 Å². The Morgan fingerprint density at radius 1 is 1.00 bits per heavy atom. The molecule has 9 nitrogen and oxygen atoms in total. The lowest BCUT2D eigenvalue weighted by Gasteiger charge is -2.16. The van der Waals surface area contributed by atoms with Gasteiger partial charge in [-0.1, -0.05) is 61.1 Å². The van der Waals surface area contributed by atoms with Gasteiger partial charge in [-0.15, -0.1) is 0 Å². The molecule has 1 aliphatic heterocycles. The lowest BCUT2D eigenvalue weighted by Crippen LogP contribution is -2.37. The molecule has 0 saturated carbocycles. The Hall–Kier alpha value is -0.790. The predicted octanol–water partition coefficient (Wildman–Crippen LogP) is 1.66. The van der Waals surface area contributed by atoms with Crippen molar-refractivity contribution in [1.82, 2.24) is 9.55 Å². The monoisotopic (exact) mass is 526 g/mol. The Bertz CT molecular complexity index is 696. The van der Waals surface area contributed by atoms with E-state index in [0.29, 0.717) is 6.61 Å². The van der Waals surface area contributed by atoms with Crippen LogP contribution in [-0.2, 0) is 14.5 Å². The average Bonchev–Trinajstić information content (AvgIpc) is 2.97. The Morgan fingerprint density at radius 3 is 2.31 bits per heavy atom. The fourth-order valence-corrected chi connectivity index (χ4v) is 3.75. The minimum atomic E-state index is -1.33. The number of aliphatic hydroxyl groups excluding tert-OH is 2. The molecular weight excluding hydrogens is 495 g/mol. The highest BCUT2D eigenvalue weighted by molar-refractivity contribution is 14.1. The highest BCUT2D eigenvalue weighted by Crippen LogP contribution is 2.28. The van der Waals surface area contributed by atoms with Crippen molar-refractivity contribution in [3.8, 4) is 0 Å². The SMILES string of the molecule is O=c1ccn([C@@H]2O[C@H](COOCCCCCCCCCCI)[C@@H](O)[C@H]2O)c(=O)[nH]1. The van der Waals surface area contributed by atoms with Gasteiger partial charge in [-0.05, 0) is 17.3 Å². The van der Waals surface area contributed by atoms with Crippen LogP contribution in [0.15, 0.2) is 21.9 Å². The number of halogens is 1. The van der Waals surface area contributed by atoms with Crippen molar-refractivity contribution in [2.75, 3.05) is 17.6 Å². The molecule has 29 heavy (non-hydrogen) atoms. The van der Waals surface area contributed by atoms with E-state index in [4.69, 9.17) is 14.5 Å². The minimum absolute atomic E-state index is 0.0797. The van der Waals surface area contributed by atoms with Crippen LogP contribution >= 0.6 is 22.6 Å². The Kier molecular flexibility index (Phi) is 11.4. The predicted molar refractivity (Wildman–Crippen MR) is 115 cm³/mol. The number of alkyl halides is 1. The minimum Gasteiger partial charge on any atom is -0.387 e. The molecule has 0 aromatic carbocycles. The van der Waals surface area contributed by atoms with Gasteiger partial charge < -0.3 is 14.9 Å². The number of aliphatic hydroxyl groups is 2. The van der Waals surface area contributed by atoms with Gasteiger partial charge in [0.25, 0.3) is 5.56 Å². The summed E-state index contributed by atoms with van der Waals surface area (Å²) in [4.78, 5) is 35.3. The molecule has 0 unspecified atom stereocenters. The van der Waals surface area contributed by atoms with E-state index >= 15 is 0 Å². The van der Waals surface area contributed by atoms with Crippen LogP contribution in [-0.4, -0.2) is 55.7 Å². The molecule has 3 N–H and O–H groups in total. The zero-order valence-corrected chi connectivity index (χ0v) is 18.7. The van der Waals surface area contributed by atoms with Crippen molar-refractivity contribution in [3.63, 3.8) is 0 Å². The molecule has 1 aromatic rings. The van der Waals surface area contributed by atoms with Crippen molar-refractivity contribution in [2.24, 2.45) is 0 Å². The molecule has 0 radical (unpaired) electrons. The van der Waals surface area contributed by atoms with E-state index in [1.54, 1.807) is 0 Å². The Morgan fingerprint density at radius 2 is 1.66 bits per heavy atom. The molecule has 2 heterocycles. The van der Waals surface area contributed by atoms with Crippen LogP contribution < -0.4 is 11.2 Å². The number of ether oxygens (including phenoxy) is 1. The fraction of sp³-hybridized carbons (Fsp3) is 0.789. The molecule has 0 spiro atoms. The van der Waals surface area contributed by atoms with Crippen molar-refractivity contribution in [3.05, 3.63) is 33.1 Å². The number of hydrogen-bond acceptors (Lipinski definition) is 7. The molecule has 1 aliphatic rings. The Balaban J connectivity index is 1.59. The summed E-state index contributed by atoms with van der Waals surface area (Å²) in [6.45, 7) is 0.368. The maximum Gasteiger partial charge on any atom is 0.330 e.